The third-order valence-electron chi connectivity index (χ3n) is 7.76. The number of halogens is 3. The molecule has 2 atom stereocenters. The van der Waals surface area contributed by atoms with Gasteiger partial charge in [0, 0.05) is 47.5 Å². The number of carbonyl (C=O) groups excluding carboxylic acids is 1. The van der Waals surface area contributed by atoms with Crippen LogP contribution in [0.3, 0.4) is 0 Å². The Morgan fingerprint density at radius 2 is 2.17 bits per heavy atom. The van der Waals surface area contributed by atoms with Crippen LogP contribution in [0.25, 0.3) is 0 Å². The molecule has 2 aliphatic heterocycles. The van der Waals surface area contributed by atoms with Crippen molar-refractivity contribution in [2.45, 2.75) is 82.8 Å². The predicted octanol–water partition coefficient (Wildman–Crippen LogP) is 4.53. The van der Waals surface area contributed by atoms with E-state index >= 15 is 0 Å². The lowest BCUT2D eigenvalue weighted by molar-refractivity contribution is -0.142. The summed E-state index contributed by atoms with van der Waals surface area (Å²) in [6.45, 7) is 6.13. The highest BCUT2D eigenvalue weighted by Gasteiger charge is 2.45. The van der Waals surface area contributed by atoms with Crippen molar-refractivity contribution in [1.29, 1.82) is 0 Å². The van der Waals surface area contributed by atoms with Crippen LogP contribution >= 0.6 is 11.3 Å². The Morgan fingerprint density at radius 1 is 1.37 bits per heavy atom. The minimum atomic E-state index is -4.36. The van der Waals surface area contributed by atoms with Crippen LogP contribution < -0.4 is 5.32 Å². The molecule has 0 aromatic carbocycles. The summed E-state index contributed by atoms with van der Waals surface area (Å²) in [5.74, 6) is 0.156. The molecular weight excluding hydrogens is 477 g/mol. The molecule has 1 amide bonds. The topological polar surface area (TPSA) is 59.4 Å². The van der Waals surface area contributed by atoms with E-state index in [1.807, 2.05) is 11.3 Å². The van der Waals surface area contributed by atoms with Crippen LogP contribution in [-0.4, -0.2) is 58.5 Å². The standard InChI is InChI=1S/C25H33F3N4O2S/c1-3-20-10-21-22(35-20)4-7-34-24(21)5-6-31(16(2)11-24)13-17-8-19(9-17)30-23(33)18-12-29-32(14-18)15-25(26,27)28/h10,12,14,16-17,19H,3-9,11,13,15H2,1-2H3,(H,30,33)/t16-,17-,19+,24+/m0/s1. The Balaban J connectivity index is 1.10. The zero-order chi connectivity index (χ0) is 24.8. The van der Waals surface area contributed by atoms with E-state index in [1.165, 1.54) is 21.5 Å². The maximum Gasteiger partial charge on any atom is 0.408 e. The van der Waals surface area contributed by atoms with E-state index in [2.05, 4.69) is 35.2 Å². The van der Waals surface area contributed by atoms with Crippen LogP contribution in [0.2, 0.25) is 0 Å². The normalized spacial score (nSPS) is 29.1. The van der Waals surface area contributed by atoms with Gasteiger partial charge < -0.3 is 15.0 Å². The number of nitrogens with one attached hydrogen (secondary N) is 1. The Hall–Kier alpha value is -1.91. The molecule has 2 aromatic rings. The molecule has 0 radical (unpaired) electrons. The Labute approximate surface area is 207 Å². The second-order valence-corrected chi connectivity index (χ2v) is 11.6. The van der Waals surface area contributed by atoms with E-state index in [0.29, 0.717) is 12.0 Å². The number of carbonyl (C=O) groups is 1. The fourth-order valence-corrected chi connectivity index (χ4v) is 7.08. The first kappa shape index (κ1) is 24.8. The monoisotopic (exact) mass is 510 g/mol. The summed E-state index contributed by atoms with van der Waals surface area (Å²) >= 11 is 1.95. The average molecular weight is 511 g/mol. The number of thiophene rings is 1. The fourth-order valence-electron chi connectivity index (χ4n) is 5.90. The van der Waals surface area contributed by atoms with Crippen LogP contribution in [0.1, 0.15) is 65.2 Å². The minimum Gasteiger partial charge on any atom is -0.370 e. The SMILES string of the molecule is CCc1cc2c(s1)CCO[C@@]21CCN(C[C@H]2C[C@@H](NC(=O)c3cnn(CC(F)(F)F)c3)C2)[C@@H](C)C1. The summed E-state index contributed by atoms with van der Waals surface area (Å²) in [4.78, 5) is 17.9. The van der Waals surface area contributed by atoms with Gasteiger partial charge in [-0.25, -0.2) is 0 Å². The van der Waals surface area contributed by atoms with Crippen LogP contribution in [0.5, 0.6) is 0 Å². The molecule has 2 fully saturated rings. The van der Waals surface area contributed by atoms with Crippen LogP contribution in [0.4, 0.5) is 13.2 Å². The third-order valence-corrected chi connectivity index (χ3v) is 9.10. The molecule has 192 valence electrons. The number of ether oxygens (including phenoxy) is 1. The second-order valence-electron chi connectivity index (χ2n) is 10.3. The molecule has 1 N–H and O–H groups in total. The second kappa shape index (κ2) is 9.52. The van der Waals surface area contributed by atoms with Crippen molar-refractivity contribution in [2.24, 2.45) is 5.92 Å². The summed E-state index contributed by atoms with van der Waals surface area (Å²) in [7, 11) is 0. The van der Waals surface area contributed by atoms with E-state index in [9.17, 15) is 18.0 Å². The van der Waals surface area contributed by atoms with Crippen molar-refractivity contribution in [3.8, 4) is 0 Å². The minimum absolute atomic E-state index is 0.0624. The summed E-state index contributed by atoms with van der Waals surface area (Å²) in [5.41, 5.74) is 1.46. The number of rotatable bonds is 6. The Kier molecular flexibility index (Phi) is 6.74. The quantitative estimate of drug-likeness (QED) is 0.621. The van der Waals surface area contributed by atoms with Crippen molar-refractivity contribution >= 4 is 17.2 Å². The molecule has 2 aromatic heterocycles. The summed E-state index contributed by atoms with van der Waals surface area (Å²) < 4.78 is 44.7. The largest absolute Gasteiger partial charge is 0.408 e. The van der Waals surface area contributed by atoms with Gasteiger partial charge in [0.15, 0.2) is 0 Å². The van der Waals surface area contributed by atoms with Crippen molar-refractivity contribution in [3.05, 3.63) is 39.3 Å². The van der Waals surface area contributed by atoms with Gasteiger partial charge >= 0.3 is 6.18 Å². The third kappa shape index (κ3) is 5.29. The number of hydrogen-bond acceptors (Lipinski definition) is 5. The molecule has 6 nitrogen and oxygen atoms in total. The van der Waals surface area contributed by atoms with E-state index in [-0.39, 0.29) is 23.1 Å². The van der Waals surface area contributed by atoms with Crippen LogP contribution in [0, 0.1) is 5.92 Å². The van der Waals surface area contributed by atoms with Crippen LogP contribution in [0.15, 0.2) is 18.5 Å². The molecule has 1 aliphatic carbocycles. The average Bonchev–Trinajstić information content (AvgIpc) is 3.40. The van der Waals surface area contributed by atoms with Gasteiger partial charge in [-0.15, -0.1) is 11.3 Å². The van der Waals surface area contributed by atoms with Gasteiger partial charge in [-0.05, 0) is 56.6 Å². The maximum absolute atomic E-state index is 12.5. The van der Waals surface area contributed by atoms with Crippen molar-refractivity contribution in [2.75, 3.05) is 19.7 Å². The summed E-state index contributed by atoms with van der Waals surface area (Å²) in [6.07, 6.45) is 3.89. The molecule has 3 aliphatic rings. The molecule has 5 rings (SSSR count). The number of hydrogen-bond donors (Lipinski definition) is 1. The number of alkyl halides is 3. The molecule has 0 unspecified atom stereocenters. The molecule has 10 heteroatoms. The van der Waals surface area contributed by atoms with Gasteiger partial charge in [0.1, 0.15) is 6.54 Å². The number of nitrogens with zero attached hydrogens (tertiary/aromatic N) is 3. The van der Waals surface area contributed by atoms with Crippen molar-refractivity contribution < 1.29 is 22.7 Å². The number of piperidine rings is 1. The summed E-state index contributed by atoms with van der Waals surface area (Å²) in [5, 5.41) is 6.59. The zero-order valence-corrected chi connectivity index (χ0v) is 21.1. The summed E-state index contributed by atoms with van der Waals surface area (Å²) in [6, 6.07) is 2.87. The Morgan fingerprint density at radius 3 is 2.89 bits per heavy atom. The van der Waals surface area contributed by atoms with E-state index < -0.39 is 12.7 Å². The highest BCUT2D eigenvalue weighted by atomic mass is 32.1. The number of amides is 1. The molecule has 1 saturated heterocycles. The molecular formula is C25H33F3N4O2S. The van der Waals surface area contributed by atoms with E-state index in [1.54, 1.807) is 0 Å². The number of likely N-dealkylation sites (tertiary alicyclic amines) is 1. The van der Waals surface area contributed by atoms with E-state index in [4.69, 9.17) is 4.74 Å². The highest BCUT2D eigenvalue weighted by Crippen LogP contribution is 2.46. The lowest BCUT2D eigenvalue weighted by atomic mass is 9.76. The van der Waals surface area contributed by atoms with Gasteiger partial charge in [0.05, 0.1) is 24.0 Å². The van der Waals surface area contributed by atoms with Gasteiger partial charge in [0.25, 0.3) is 5.91 Å². The Bertz CT molecular complexity index is 1060. The number of aryl methyl sites for hydroxylation is 1. The number of aromatic nitrogens is 2. The zero-order valence-electron chi connectivity index (χ0n) is 20.2. The lowest BCUT2D eigenvalue weighted by Crippen LogP contribution is -2.54. The fraction of sp³-hybridized carbons (Fsp3) is 0.680. The lowest BCUT2D eigenvalue weighted by Gasteiger charge is -2.49. The molecule has 0 bridgehead atoms. The van der Waals surface area contributed by atoms with Gasteiger partial charge in [-0.3, -0.25) is 9.48 Å². The first-order valence-corrected chi connectivity index (χ1v) is 13.4. The van der Waals surface area contributed by atoms with Gasteiger partial charge in [-0.2, -0.15) is 18.3 Å². The first-order valence-electron chi connectivity index (χ1n) is 12.5. The first-order chi connectivity index (χ1) is 16.6. The smallest absolute Gasteiger partial charge is 0.370 e. The van der Waals surface area contributed by atoms with Gasteiger partial charge in [-0.1, -0.05) is 6.92 Å². The maximum atomic E-state index is 12.5. The van der Waals surface area contributed by atoms with Crippen molar-refractivity contribution in [1.82, 2.24) is 20.0 Å². The van der Waals surface area contributed by atoms with E-state index in [0.717, 1.165) is 69.1 Å². The molecule has 35 heavy (non-hydrogen) atoms. The number of fused-ring (bicyclic) bond motifs is 2. The van der Waals surface area contributed by atoms with Gasteiger partial charge in [0.2, 0.25) is 0 Å². The van der Waals surface area contributed by atoms with Crippen LogP contribution in [-0.2, 0) is 29.7 Å². The highest BCUT2D eigenvalue weighted by molar-refractivity contribution is 7.12. The molecule has 1 spiro atoms. The predicted molar refractivity (Wildman–Crippen MR) is 128 cm³/mol. The van der Waals surface area contributed by atoms with Crippen molar-refractivity contribution in [3.63, 3.8) is 0 Å². The molecule has 1 saturated carbocycles. The molecule has 4 heterocycles.